The third-order valence-electron chi connectivity index (χ3n) is 12.4. The van der Waals surface area contributed by atoms with Gasteiger partial charge in [-0.15, -0.1) is 0 Å². The molecule has 0 bridgehead atoms. The van der Waals surface area contributed by atoms with Crippen molar-refractivity contribution in [2.24, 2.45) is 0 Å². The van der Waals surface area contributed by atoms with Crippen molar-refractivity contribution in [1.29, 1.82) is 0 Å². The lowest BCUT2D eigenvalue weighted by atomic mass is 9.99. The van der Waals surface area contributed by atoms with Gasteiger partial charge in [0.2, 0.25) is 5.91 Å². The quantitative estimate of drug-likeness (QED) is 0.0261. The topological polar surface area (TPSA) is 149 Å². The van der Waals surface area contributed by atoms with Crippen LogP contribution in [0.2, 0.25) is 0 Å². The molecule has 7 atom stereocenters. The fraction of sp³-hybridized carbons (Fsp3) is 0.712. The Morgan fingerprint density at radius 2 is 0.926 bits per heavy atom. The molecule has 1 saturated heterocycles. The highest BCUT2D eigenvalue weighted by molar-refractivity contribution is 5.76. The van der Waals surface area contributed by atoms with Crippen molar-refractivity contribution < 1.29 is 39.8 Å². The minimum Gasteiger partial charge on any atom is -0.394 e. The van der Waals surface area contributed by atoms with Gasteiger partial charge in [0.15, 0.2) is 6.29 Å². The summed E-state index contributed by atoms with van der Waals surface area (Å²) in [5.41, 5.74) is 0. The number of nitrogens with one attached hydrogen (secondary N) is 1. The molecule has 0 radical (unpaired) electrons. The number of allylic oxidation sites excluding steroid dienone is 15. The molecule has 0 aromatic heterocycles. The van der Waals surface area contributed by atoms with E-state index in [2.05, 4.69) is 104 Å². The van der Waals surface area contributed by atoms with Gasteiger partial charge in [-0.25, -0.2) is 0 Å². The summed E-state index contributed by atoms with van der Waals surface area (Å²) in [7, 11) is 0. The average Bonchev–Trinajstić information content (AvgIpc) is 3.34. The van der Waals surface area contributed by atoms with Gasteiger partial charge in [-0.1, -0.05) is 214 Å². The molecular weight excluding hydrogens is 851 g/mol. The number of hydrogen-bond acceptors (Lipinski definition) is 8. The Balaban J connectivity index is 2.20. The molecule has 0 aromatic carbocycles. The molecule has 1 fully saturated rings. The van der Waals surface area contributed by atoms with Crippen molar-refractivity contribution in [2.75, 3.05) is 13.2 Å². The maximum atomic E-state index is 13.0. The van der Waals surface area contributed by atoms with Gasteiger partial charge in [0.05, 0.1) is 25.4 Å². The van der Waals surface area contributed by atoms with Crippen LogP contribution in [0, 0.1) is 0 Å². The summed E-state index contributed by atoms with van der Waals surface area (Å²) < 4.78 is 11.2. The second-order valence-corrected chi connectivity index (χ2v) is 18.6. The molecule has 7 unspecified atom stereocenters. The summed E-state index contributed by atoms with van der Waals surface area (Å²) in [5, 5.41) is 54.3. The van der Waals surface area contributed by atoms with Crippen LogP contribution in [0.3, 0.4) is 0 Å². The first-order valence-electron chi connectivity index (χ1n) is 27.5. The van der Waals surface area contributed by atoms with Gasteiger partial charge in [-0.05, 0) is 89.9 Å². The highest BCUT2D eigenvalue weighted by Gasteiger charge is 2.44. The Hall–Kier alpha value is -2.89. The van der Waals surface area contributed by atoms with Crippen LogP contribution in [0.4, 0.5) is 0 Å². The van der Waals surface area contributed by atoms with Crippen LogP contribution in [-0.4, -0.2) is 87.5 Å². The van der Waals surface area contributed by atoms with Crippen molar-refractivity contribution >= 4 is 5.91 Å². The third kappa shape index (κ3) is 37.0. The molecule has 1 heterocycles. The molecule has 1 aliphatic heterocycles. The molecule has 1 aliphatic rings. The average molecular weight is 952 g/mol. The Morgan fingerprint density at radius 1 is 0.515 bits per heavy atom. The third-order valence-corrected chi connectivity index (χ3v) is 12.4. The monoisotopic (exact) mass is 952 g/mol. The van der Waals surface area contributed by atoms with Crippen LogP contribution in [0.5, 0.6) is 0 Å². The number of aliphatic hydroxyl groups excluding tert-OH is 5. The molecule has 9 heteroatoms. The van der Waals surface area contributed by atoms with E-state index in [-0.39, 0.29) is 12.5 Å². The highest BCUT2D eigenvalue weighted by atomic mass is 16.7. The van der Waals surface area contributed by atoms with Gasteiger partial charge in [0.25, 0.3) is 0 Å². The predicted octanol–water partition coefficient (Wildman–Crippen LogP) is 13.2. The number of amides is 1. The van der Waals surface area contributed by atoms with Gasteiger partial charge >= 0.3 is 0 Å². The summed E-state index contributed by atoms with van der Waals surface area (Å²) in [5.74, 6) is -0.195. The van der Waals surface area contributed by atoms with Crippen LogP contribution in [0.15, 0.2) is 97.2 Å². The summed E-state index contributed by atoms with van der Waals surface area (Å²) >= 11 is 0. The summed E-state index contributed by atoms with van der Waals surface area (Å²) in [6, 6.07) is -0.832. The maximum absolute atomic E-state index is 13.0. The molecule has 0 spiro atoms. The largest absolute Gasteiger partial charge is 0.394 e. The number of carbonyl (C=O) groups is 1. The lowest BCUT2D eigenvalue weighted by Gasteiger charge is -2.40. The van der Waals surface area contributed by atoms with Crippen LogP contribution >= 0.6 is 0 Å². The van der Waals surface area contributed by atoms with E-state index in [1.165, 1.54) is 109 Å². The molecule has 0 saturated carbocycles. The molecule has 6 N–H and O–H groups in total. The Labute approximate surface area is 415 Å². The van der Waals surface area contributed by atoms with Crippen molar-refractivity contribution in [2.45, 2.75) is 256 Å². The van der Waals surface area contributed by atoms with E-state index < -0.39 is 49.5 Å². The summed E-state index contributed by atoms with van der Waals surface area (Å²) in [4.78, 5) is 13.0. The molecule has 0 aliphatic carbocycles. The number of unbranched alkanes of at least 4 members (excludes halogenated alkanes) is 21. The van der Waals surface area contributed by atoms with E-state index in [1.807, 2.05) is 6.08 Å². The zero-order valence-corrected chi connectivity index (χ0v) is 43.1. The fourth-order valence-electron chi connectivity index (χ4n) is 8.04. The summed E-state index contributed by atoms with van der Waals surface area (Å²) in [6.45, 7) is 3.61. The van der Waals surface area contributed by atoms with Crippen LogP contribution in [0.1, 0.15) is 213 Å². The van der Waals surface area contributed by atoms with E-state index in [9.17, 15) is 30.3 Å². The normalized spacial score (nSPS) is 20.4. The van der Waals surface area contributed by atoms with Crippen molar-refractivity contribution in [1.82, 2.24) is 5.32 Å². The molecular formula is C59H101NO8. The van der Waals surface area contributed by atoms with Gasteiger partial charge in [-0.2, -0.15) is 0 Å². The van der Waals surface area contributed by atoms with Crippen molar-refractivity contribution in [3.8, 4) is 0 Å². The number of rotatable bonds is 45. The van der Waals surface area contributed by atoms with Crippen molar-refractivity contribution in [3.05, 3.63) is 97.2 Å². The minimum atomic E-state index is -1.58. The summed E-state index contributed by atoms with van der Waals surface area (Å²) in [6.07, 6.45) is 61.9. The predicted molar refractivity (Wildman–Crippen MR) is 285 cm³/mol. The lowest BCUT2D eigenvalue weighted by Crippen LogP contribution is -2.60. The maximum Gasteiger partial charge on any atom is 0.220 e. The molecule has 9 nitrogen and oxygen atoms in total. The van der Waals surface area contributed by atoms with E-state index in [1.54, 1.807) is 6.08 Å². The zero-order chi connectivity index (χ0) is 49.4. The van der Waals surface area contributed by atoms with E-state index in [4.69, 9.17) is 9.47 Å². The minimum absolute atomic E-state index is 0.195. The number of aliphatic hydroxyl groups is 5. The van der Waals surface area contributed by atoms with Crippen molar-refractivity contribution in [3.63, 3.8) is 0 Å². The number of hydrogen-bond donors (Lipinski definition) is 6. The lowest BCUT2D eigenvalue weighted by molar-refractivity contribution is -0.302. The molecule has 68 heavy (non-hydrogen) atoms. The first-order chi connectivity index (χ1) is 33.3. The van der Waals surface area contributed by atoms with Gasteiger partial charge in [0, 0.05) is 6.42 Å². The van der Waals surface area contributed by atoms with Gasteiger partial charge < -0.3 is 40.3 Å². The second kappa shape index (κ2) is 47.8. The zero-order valence-electron chi connectivity index (χ0n) is 43.1. The first kappa shape index (κ1) is 63.1. The van der Waals surface area contributed by atoms with E-state index >= 15 is 0 Å². The van der Waals surface area contributed by atoms with E-state index in [0.29, 0.717) is 6.42 Å². The first-order valence-corrected chi connectivity index (χ1v) is 27.5. The smallest absolute Gasteiger partial charge is 0.220 e. The molecule has 1 amide bonds. The Bertz CT molecular complexity index is 1380. The highest BCUT2D eigenvalue weighted by Crippen LogP contribution is 2.23. The second-order valence-electron chi connectivity index (χ2n) is 18.6. The molecule has 390 valence electrons. The Kier molecular flexibility index (Phi) is 44.3. The number of carbonyl (C=O) groups excluding carboxylic acids is 1. The molecule has 1 rings (SSSR count). The van der Waals surface area contributed by atoms with E-state index in [0.717, 1.165) is 83.5 Å². The van der Waals surface area contributed by atoms with Gasteiger partial charge in [0.1, 0.15) is 24.4 Å². The van der Waals surface area contributed by atoms with Gasteiger partial charge in [-0.3, -0.25) is 4.79 Å². The SMILES string of the molecule is CC/C=C\C/C=C\C/C=C\C/C=C\C/C=C\CCCCCCCCCCCCCCCCCC(=O)NC(COC1OC(CO)C(O)C(O)C1O)C(O)/C=C/CC/C=C/CC/C=C/CCCCCC. The standard InChI is InChI=1S/C59H101NO8/c1-3-5-7-9-11-13-15-17-19-20-21-22-23-24-25-26-27-28-29-30-31-32-33-34-35-37-39-41-43-45-47-49-55(63)60-52(51-67-59-58(66)57(65)56(64)54(50-61)68-59)53(62)48-46-44-42-40-38-36-18-16-14-12-10-8-6-4-2/h5,7,11,13-14,16-17,19,21-22,24-25,38,40,46,48,52-54,56-59,61-62,64-66H,3-4,6,8-10,12,15,18,20,23,26-37,39,41-45,47,49-51H2,1-2H3,(H,60,63)/b7-5-,13-11-,16-14+,19-17-,22-21-,25-24-,40-38+,48-46+. The van der Waals surface area contributed by atoms with Crippen LogP contribution in [-0.2, 0) is 14.3 Å². The van der Waals surface area contributed by atoms with Crippen LogP contribution in [0.25, 0.3) is 0 Å². The van der Waals surface area contributed by atoms with Crippen LogP contribution < -0.4 is 5.32 Å². The molecule has 0 aromatic rings. The fourth-order valence-corrected chi connectivity index (χ4v) is 8.04. The number of ether oxygens (including phenoxy) is 2. The Morgan fingerprint density at radius 3 is 1.41 bits per heavy atom.